The number of nitrogens with zero attached hydrogens (tertiary/aromatic N) is 1. The molecular formula is C18H15FN2O. The molecule has 3 rings (SSSR count). The number of amides is 1. The lowest BCUT2D eigenvalue weighted by Crippen LogP contribution is -2.24. The third-order valence-electron chi connectivity index (χ3n) is 3.53. The van der Waals surface area contributed by atoms with Gasteiger partial charge in [-0.1, -0.05) is 23.8 Å². The Morgan fingerprint density at radius 1 is 1.09 bits per heavy atom. The summed E-state index contributed by atoms with van der Waals surface area (Å²) in [5.74, 6) is -0.125. The number of amidine groups is 1. The van der Waals surface area contributed by atoms with E-state index in [0.717, 1.165) is 11.1 Å². The Balaban J connectivity index is 1.95. The molecule has 0 saturated carbocycles. The largest absolute Gasteiger partial charge is 0.305 e. The number of aliphatic imine (C=N–C) groups is 1. The first-order chi connectivity index (χ1) is 10.5. The predicted octanol–water partition coefficient (Wildman–Crippen LogP) is 3.36. The van der Waals surface area contributed by atoms with Gasteiger partial charge in [0.25, 0.3) is 5.91 Å². The second-order valence-electron chi connectivity index (χ2n) is 5.31. The summed E-state index contributed by atoms with van der Waals surface area (Å²) in [6.07, 6.45) is 1.76. The van der Waals surface area contributed by atoms with E-state index in [1.165, 1.54) is 17.7 Å². The van der Waals surface area contributed by atoms with Gasteiger partial charge in [-0.05, 0) is 55.3 Å². The Hall–Kier alpha value is -2.75. The minimum absolute atomic E-state index is 0.251. The third kappa shape index (κ3) is 2.81. The smallest absolute Gasteiger partial charge is 0.275 e. The fraction of sp³-hybridized carbons (Fsp3) is 0.111. The molecule has 0 bridgehead atoms. The topological polar surface area (TPSA) is 41.5 Å². The first-order valence-corrected chi connectivity index (χ1v) is 6.98. The Morgan fingerprint density at radius 2 is 1.82 bits per heavy atom. The Morgan fingerprint density at radius 3 is 2.50 bits per heavy atom. The van der Waals surface area contributed by atoms with Gasteiger partial charge in [0.2, 0.25) is 0 Å². The molecule has 4 heteroatoms. The number of hydrogen-bond donors (Lipinski definition) is 1. The molecule has 1 N–H and O–H groups in total. The number of halogens is 1. The molecule has 0 fully saturated rings. The van der Waals surface area contributed by atoms with E-state index in [-0.39, 0.29) is 11.7 Å². The normalized spacial score (nSPS) is 15.9. The van der Waals surface area contributed by atoms with Crippen LogP contribution in [0.15, 0.2) is 53.2 Å². The monoisotopic (exact) mass is 294 g/mol. The lowest BCUT2D eigenvalue weighted by atomic mass is 10.0. The number of nitrogens with one attached hydrogen (secondary N) is 1. The van der Waals surface area contributed by atoms with E-state index >= 15 is 0 Å². The summed E-state index contributed by atoms with van der Waals surface area (Å²) in [4.78, 5) is 16.4. The minimum Gasteiger partial charge on any atom is -0.305 e. The second kappa shape index (κ2) is 5.56. The summed E-state index contributed by atoms with van der Waals surface area (Å²) >= 11 is 0. The number of benzene rings is 2. The van der Waals surface area contributed by atoms with Gasteiger partial charge in [0.15, 0.2) is 0 Å². The van der Waals surface area contributed by atoms with Crippen molar-refractivity contribution >= 4 is 17.8 Å². The van der Waals surface area contributed by atoms with Crippen molar-refractivity contribution in [2.75, 3.05) is 0 Å². The lowest BCUT2D eigenvalue weighted by Gasteiger charge is -2.01. The molecule has 1 aliphatic heterocycles. The molecule has 0 aromatic heterocycles. The summed E-state index contributed by atoms with van der Waals surface area (Å²) in [5.41, 5.74) is 4.25. The third-order valence-corrected chi connectivity index (χ3v) is 3.53. The van der Waals surface area contributed by atoms with Crippen LogP contribution in [0, 0.1) is 19.7 Å². The van der Waals surface area contributed by atoms with E-state index in [2.05, 4.69) is 16.4 Å². The number of hydrogen-bond acceptors (Lipinski definition) is 2. The minimum atomic E-state index is -0.320. The maximum atomic E-state index is 13.0. The molecule has 1 aliphatic rings. The molecule has 2 aromatic carbocycles. The van der Waals surface area contributed by atoms with Crippen LogP contribution in [0.25, 0.3) is 6.08 Å². The molecule has 3 nitrogen and oxygen atoms in total. The zero-order valence-corrected chi connectivity index (χ0v) is 12.4. The summed E-state index contributed by atoms with van der Waals surface area (Å²) < 4.78 is 13.0. The van der Waals surface area contributed by atoms with E-state index in [4.69, 9.17) is 0 Å². The van der Waals surface area contributed by atoms with Gasteiger partial charge in [-0.15, -0.1) is 0 Å². The summed E-state index contributed by atoms with van der Waals surface area (Å²) in [6.45, 7) is 4.02. The number of carbonyl (C=O) groups is 1. The summed E-state index contributed by atoms with van der Waals surface area (Å²) in [7, 11) is 0. The molecule has 22 heavy (non-hydrogen) atoms. The van der Waals surface area contributed by atoms with Crippen molar-refractivity contribution in [2.45, 2.75) is 13.8 Å². The van der Waals surface area contributed by atoms with Crippen molar-refractivity contribution in [3.63, 3.8) is 0 Å². The van der Waals surface area contributed by atoms with Gasteiger partial charge >= 0.3 is 0 Å². The highest BCUT2D eigenvalue weighted by atomic mass is 19.1. The number of aryl methyl sites for hydroxylation is 2. The van der Waals surface area contributed by atoms with E-state index < -0.39 is 0 Å². The molecular weight excluding hydrogens is 279 g/mol. The van der Waals surface area contributed by atoms with Crippen LogP contribution in [0.2, 0.25) is 0 Å². The van der Waals surface area contributed by atoms with Crippen molar-refractivity contribution in [2.24, 2.45) is 4.99 Å². The van der Waals surface area contributed by atoms with Crippen LogP contribution in [-0.4, -0.2) is 11.7 Å². The first kappa shape index (κ1) is 14.2. The number of carbonyl (C=O) groups excluding carboxylic acids is 1. The molecule has 0 aliphatic carbocycles. The van der Waals surface area contributed by atoms with Crippen molar-refractivity contribution < 1.29 is 9.18 Å². The quantitative estimate of drug-likeness (QED) is 0.848. The van der Waals surface area contributed by atoms with Crippen LogP contribution in [0.1, 0.15) is 22.3 Å². The Labute approximate surface area is 128 Å². The molecule has 0 atom stereocenters. The van der Waals surface area contributed by atoms with Crippen LogP contribution in [0.5, 0.6) is 0 Å². The highest BCUT2D eigenvalue weighted by Gasteiger charge is 2.21. The van der Waals surface area contributed by atoms with E-state index in [1.807, 2.05) is 26.0 Å². The Bertz CT molecular complexity index is 804. The average molecular weight is 294 g/mol. The van der Waals surface area contributed by atoms with Crippen LogP contribution in [0.4, 0.5) is 4.39 Å². The SMILES string of the molecule is Cc1ccc(/C=C2\N=C(c3ccc(F)cc3)NC2=O)c(C)c1. The van der Waals surface area contributed by atoms with Crippen molar-refractivity contribution in [1.29, 1.82) is 0 Å². The molecule has 0 unspecified atom stereocenters. The predicted molar refractivity (Wildman–Crippen MR) is 85.0 cm³/mol. The van der Waals surface area contributed by atoms with Crippen LogP contribution in [-0.2, 0) is 4.79 Å². The van der Waals surface area contributed by atoms with E-state index in [1.54, 1.807) is 18.2 Å². The van der Waals surface area contributed by atoms with E-state index in [9.17, 15) is 9.18 Å². The van der Waals surface area contributed by atoms with Gasteiger partial charge in [0, 0.05) is 5.56 Å². The van der Waals surface area contributed by atoms with Gasteiger partial charge in [-0.25, -0.2) is 9.38 Å². The standard InChI is InChI=1S/C18H15FN2O/c1-11-3-4-14(12(2)9-11)10-16-18(22)21-17(20-16)13-5-7-15(19)8-6-13/h3-10H,1-2H3,(H,20,21,22)/b16-10-. The first-order valence-electron chi connectivity index (χ1n) is 6.98. The van der Waals surface area contributed by atoms with Gasteiger partial charge in [-0.2, -0.15) is 0 Å². The van der Waals surface area contributed by atoms with Gasteiger partial charge in [0.05, 0.1) is 0 Å². The average Bonchev–Trinajstić information content (AvgIpc) is 2.84. The summed E-state index contributed by atoms with van der Waals surface area (Å²) in [5, 5.41) is 2.71. The molecule has 0 radical (unpaired) electrons. The van der Waals surface area contributed by atoms with E-state index in [0.29, 0.717) is 17.1 Å². The van der Waals surface area contributed by atoms with Crippen molar-refractivity contribution in [3.8, 4) is 0 Å². The van der Waals surface area contributed by atoms with Crippen molar-refractivity contribution in [3.05, 3.63) is 76.2 Å². The van der Waals surface area contributed by atoms with Crippen LogP contribution < -0.4 is 5.32 Å². The fourth-order valence-electron chi connectivity index (χ4n) is 2.35. The zero-order chi connectivity index (χ0) is 15.7. The molecule has 2 aromatic rings. The lowest BCUT2D eigenvalue weighted by molar-refractivity contribution is -0.115. The number of rotatable bonds is 2. The summed E-state index contributed by atoms with van der Waals surface area (Å²) in [6, 6.07) is 11.9. The maximum absolute atomic E-state index is 13.0. The maximum Gasteiger partial charge on any atom is 0.275 e. The second-order valence-corrected chi connectivity index (χ2v) is 5.31. The van der Waals surface area contributed by atoms with Crippen molar-refractivity contribution in [1.82, 2.24) is 5.32 Å². The molecule has 1 heterocycles. The van der Waals surface area contributed by atoms with Crippen LogP contribution in [0.3, 0.4) is 0 Å². The molecule has 1 amide bonds. The highest BCUT2D eigenvalue weighted by molar-refractivity contribution is 6.19. The van der Waals surface area contributed by atoms with Gasteiger partial charge in [0.1, 0.15) is 17.3 Å². The highest BCUT2D eigenvalue weighted by Crippen LogP contribution is 2.18. The Kier molecular flexibility index (Phi) is 3.59. The van der Waals surface area contributed by atoms with Crippen LogP contribution >= 0.6 is 0 Å². The van der Waals surface area contributed by atoms with Gasteiger partial charge < -0.3 is 5.32 Å². The zero-order valence-electron chi connectivity index (χ0n) is 12.4. The van der Waals surface area contributed by atoms with Gasteiger partial charge in [-0.3, -0.25) is 4.79 Å². The molecule has 0 saturated heterocycles. The molecule has 110 valence electrons. The molecule has 0 spiro atoms. The fourth-order valence-corrected chi connectivity index (χ4v) is 2.35.